The minimum atomic E-state index is 0.367. The number of anilines is 4. The fourth-order valence-corrected chi connectivity index (χ4v) is 3.17. The molecule has 8 nitrogen and oxygen atoms in total. The van der Waals surface area contributed by atoms with Gasteiger partial charge in [-0.2, -0.15) is 20.1 Å². The van der Waals surface area contributed by atoms with Crippen LogP contribution in [0.5, 0.6) is 0 Å². The number of nitrogens with one attached hydrogen (secondary N) is 2. The van der Waals surface area contributed by atoms with Gasteiger partial charge in [0.1, 0.15) is 0 Å². The van der Waals surface area contributed by atoms with Gasteiger partial charge in [-0.15, -0.1) is 0 Å². The van der Waals surface area contributed by atoms with Crippen molar-refractivity contribution < 1.29 is 4.74 Å². The number of ether oxygens (including phenoxy) is 1. The standard InChI is InChI=1S/C20H20BrN7O/c21-16-7-4-8-17(13-16)23-18-24-19(27-22-14-15-5-2-1-3-6-15)26-20(25-18)28-9-11-29-12-10-28/h1-8,13-14H,9-12H2,(H2,23,24,25,26,27)/b22-14-. The van der Waals surface area contributed by atoms with Gasteiger partial charge in [-0.25, -0.2) is 5.43 Å². The highest BCUT2D eigenvalue weighted by Crippen LogP contribution is 2.21. The third-order valence-corrected chi connectivity index (χ3v) is 4.67. The monoisotopic (exact) mass is 453 g/mol. The Hall–Kier alpha value is -3.04. The lowest BCUT2D eigenvalue weighted by Gasteiger charge is -2.27. The highest BCUT2D eigenvalue weighted by Gasteiger charge is 2.16. The highest BCUT2D eigenvalue weighted by molar-refractivity contribution is 9.10. The topological polar surface area (TPSA) is 87.6 Å². The second kappa shape index (κ2) is 9.44. The van der Waals surface area contributed by atoms with E-state index in [0.29, 0.717) is 31.1 Å². The molecule has 0 radical (unpaired) electrons. The van der Waals surface area contributed by atoms with E-state index in [-0.39, 0.29) is 0 Å². The molecule has 1 aliphatic rings. The van der Waals surface area contributed by atoms with Gasteiger partial charge >= 0.3 is 0 Å². The van der Waals surface area contributed by atoms with Crippen LogP contribution in [0.25, 0.3) is 0 Å². The van der Waals surface area contributed by atoms with Gasteiger partial charge < -0.3 is 15.0 Å². The molecule has 0 atom stereocenters. The first-order valence-electron chi connectivity index (χ1n) is 9.22. The Balaban J connectivity index is 1.57. The number of hydrogen-bond donors (Lipinski definition) is 2. The lowest BCUT2D eigenvalue weighted by atomic mass is 10.2. The maximum atomic E-state index is 5.43. The Morgan fingerprint density at radius 1 is 0.966 bits per heavy atom. The van der Waals surface area contributed by atoms with E-state index in [4.69, 9.17) is 4.74 Å². The van der Waals surface area contributed by atoms with E-state index in [1.54, 1.807) is 6.21 Å². The van der Waals surface area contributed by atoms with Crippen molar-refractivity contribution in [1.82, 2.24) is 15.0 Å². The van der Waals surface area contributed by atoms with Crippen LogP contribution in [0.2, 0.25) is 0 Å². The smallest absolute Gasteiger partial charge is 0.250 e. The second-order valence-corrected chi connectivity index (χ2v) is 7.21. The summed E-state index contributed by atoms with van der Waals surface area (Å²) in [5.74, 6) is 1.39. The maximum absolute atomic E-state index is 5.43. The number of morpholine rings is 1. The van der Waals surface area contributed by atoms with Crippen LogP contribution in [0.1, 0.15) is 5.56 Å². The van der Waals surface area contributed by atoms with Crippen molar-refractivity contribution in [3.05, 3.63) is 64.6 Å². The van der Waals surface area contributed by atoms with Gasteiger partial charge in [-0.05, 0) is 23.8 Å². The summed E-state index contributed by atoms with van der Waals surface area (Å²) in [6.07, 6.45) is 1.72. The minimum Gasteiger partial charge on any atom is -0.378 e. The summed E-state index contributed by atoms with van der Waals surface area (Å²) in [5.41, 5.74) is 4.76. The third kappa shape index (κ3) is 5.49. The molecule has 0 saturated carbocycles. The Bertz CT molecular complexity index is 978. The average Bonchev–Trinajstić information content (AvgIpc) is 2.75. The molecule has 0 bridgehead atoms. The van der Waals surface area contributed by atoms with Crippen molar-refractivity contribution in [2.75, 3.05) is 41.9 Å². The molecule has 4 rings (SSSR count). The van der Waals surface area contributed by atoms with Crippen LogP contribution < -0.4 is 15.6 Å². The summed E-state index contributed by atoms with van der Waals surface area (Å²) in [6.45, 7) is 2.75. The van der Waals surface area contributed by atoms with Crippen molar-refractivity contribution in [2.45, 2.75) is 0 Å². The molecule has 2 aromatic carbocycles. The number of halogens is 1. The van der Waals surface area contributed by atoms with Crippen LogP contribution in [0.15, 0.2) is 64.2 Å². The van der Waals surface area contributed by atoms with E-state index in [2.05, 4.69) is 51.6 Å². The zero-order valence-electron chi connectivity index (χ0n) is 15.6. The number of hydrazone groups is 1. The van der Waals surface area contributed by atoms with E-state index in [1.165, 1.54) is 0 Å². The van der Waals surface area contributed by atoms with Crippen molar-refractivity contribution in [2.24, 2.45) is 5.10 Å². The molecule has 0 aliphatic carbocycles. The van der Waals surface area contributed by atoms with Crippen LogP contribution in [-0.4, -0.2) is 47.5 Å². The van der Waals surface area contributed by atoms with Gasteiger partial charge in [0, 0.05) is 23.2 Å². The van der Waals surface area contributed by atoms with Gasteiger partial charge in [-0.1, -0.05) is 52.3 Å². The predicted molar refractivity (Wildman–Crippen MR) is 118 cm³/mol. The number of aromatic nitrogens is 3. The molecule has 9 heteroatoms. The molecule has 0 amide bonds. The van der Waals surface area contributed by atoms with Crippen LogP contribution in [0, 0.1) is 0 Å². The van der Waals surface area contributed by atoms with Gasteiger partial charge in [0.15, 0.2) is 0 Å². The second-order valence-electron chi connectivity index (χ2n) is 6.30. The van der Waals surface area contributed by atoms with Crippen LogP contribution in [0.4, 0.5) is 23.5 Å². The number of benzene rings is 2. The van der Waals surface area contributed by atoms with E-state index < -0.39 is 0 Å². The molecular weight excluding hydrogens is 434 g/mol. The Morgan fingerprint density at radius 3 is 2.55 bits per heavy atom. The Kier molecular flexibility index (Phi) is 6.28. The largest absolute Gasteiger partial charge is 0.378 e. The molecule has 1 fully saturated rings. The number of nitrogens with zero attached hydrogens (tertiary/aromatic N) is 5. The number of hydrogen-bond acceptors (Lipinski definition) is 8. The normalized spacial score (nSPS) is 14.2. The lowest BCUT2D eigenvalue weighted by molar-refractivity contribution is 0.122. The Morgan fingerprint density at radius 2 is 1.76 bits per heavy atom. The summed E-state index contributed by atoms with van der Waals surface area (Å²) in [4.78, 5) is 15.6. The summed E-state index contributed by atoms with van der Waals surface area (Å²) < 4.78 is 6.40. The fourth-order valence-electron chi connectivity index (χ4n) is 2.77. The van der Waals surface area contributed by atoms with Gasteiger partial charge in [0.2, 0.25) is 17.8 Å². The Labute approximate surface area is 177 Å². The van der Waals surface area contributed by atoms with Crippen molar-refractivity contribution in [3.63, 3.8) is 0 Å². The predicted octanol–water partition coefficient (Wildman–Crippen LogP) is 3.66. The first-order chi connectivity index (χ1) is 14.3. The molecule has 29 heavy (non-hydrogen) atoms. The zero-order valence-corrected chi connectivity index (χ0v) is 17.2. The summed E-state index contributed by atoms with van der Waals surface area (Å²) >= 11 is 3.48. The first-order valence-corrected chi connectivity index (χ1v) is 10.0. The molecular formula is C20H20BrN7O. The SMILES string of the molecule is Brc1cccc(Nc2nc(N/N=C\c3ccccc3)nc(N3CCOCC3)n2)c1. The van der Waals surface area contributed by atoms with Crippen LogP contribution in [0.3, 0.4) is 0 Å². The summed E-state index contributed by atoms with van der Waals surface area (Å²) in [6, 6.07) is 17.6. The van der Waals surface area contributed by atoms with Gasteiger partial charge in [0.05, 0.1) is 19.4 Å². The fraction of sp³-hybridized carbons (Fsp3) is 0.200. The molecule has 0 unspecified atom stereocenters. The van der Waals surface area contributed by atoms with E-state index in [9.17, 15) is 0 Å². The average molecular weight is 454 g/mol. The molecule has 148 valence electrons. The van der Waals surface area contributed by atoms with E-state index in [0.717, 1.165) is 28.8 Å². The summed E-state index contributed by atoms with van der Waals surface area (Å²) in [7, 11) is 0. The molecule has 2 N–H and O–H groups in total. The molecule has 1 aliphatic heterocycles. The molecule has 1 saturated heterocycles. The van der Waals surface area contributed by atoms with Crippen molar-refractivity contribution in [1.29, 1.82) is 0 Å². The minimum absolute atomic E-state index is 0.367. The third-order valence-electron chi connectivity index (χ3n) is 4.18. The van der Waals surface area contributed by atoms with Gasteiger partial charge in [0.25, 0.3) is 0 Å². The van der Waals surface area contributed by atoms with Gasteiger partial charge in [-0.3, -0.25) is 0 Å². The quantitative estimate of drug-likeness (QED) is 0.434. The summed E-state index contributed by atoms with van der Waals surface area (Å²) in [5, 5.41) is 7.48. The first kappa shape index (κ1) is 19.3. The highest BCUT2D eigenvalue weighted by atomic mass is 79.9. The zero-order chi connectivity index (χ0) is 19.9. The molecule has 2 heterocycles. The van der Waals surface area contributed by atoms with E-state index >= 15 is 0 Å². The molecule has 3 aromatic rings. The van der Waals surface area contributed by atoms with Crippen molar-refractivity contribution >= 4 is 45.7 Å². The lowest BCUT2D eigenvalue weighted by Crippen LogP contribution is -2.37. The van der Waals surface area contributed by atoms with Crippen LogP contribution in [-0.2, 0) is 4.74 Å². The van der Waals surface area contributed by atoms with Crippen molar-refractivity contribution in [3.8, 4) is 0 Å². The number of rotatable bonds is 6. The molecule has 1 aromatic heterocycles. The molecule has 0 spiro atoms. The van der Waals surface area contributed by atoms with Crippen LogP contribution >= 0.6 is 15.9 Å². The maximum Gasteiger partial charge on any atom is 0.250 e. The van der Waals surface area contributed by atoms with E-state index in [1.807, 2.05) is 54.6 Å².